The molecule has 0 aliphatic carbocycles. The van der Waals surface area contributed by atoms with Gasteiger partial charge < -0.3 is 0 Å². The number of hydrogen-bond acceptors (Lipinski definition) is 0. The van der Waals surface area contributed by atoms with Crippen LogP contribution in [0.4, 0.5) is 0 Å². The second kappa shape index (κ2) is 8.19. The molecule has 26 heavy (non-hydrogen) atoms. The summed E-state index contributed by atoms with van der Waals surface area (Å²) < 4.78 is 0. The average molecular weight is 362 g/mol. The van der Waals surface area contributed by atoms with E-state index in [2.05, 4.69) is 112 Å². The van der Waals surface area contributed by atoms with Gasteiger partial charge in [-0.1, -0.05) is 0 Å². The molecule has 0 spiro atoms. The number of rotatable bonds is 6. The van der Waals surface area contributed by atoms with Crippen molar-refractivity contribution in [2.24, 2.45) is 0 Å². The summed E-state index contributed by atoms with van der Waals surface area (Å²) in [7, 11) is -1.72. The average Bonchev–Trinajstić information content (AvgIpc) is 2.63. The van der Waals surface area contributed by atoms with Crippen LogP contribution in [0, 0.1) is 0 Å². The minimum absolute atomic E-state index is 0.314. The molecular weight excluding hydrogens is 331 g/mol. The molecule has 3 aromatic carbocycles. The van der Waals surface area contributed by atoms with E-state index in [1.807, 2.05) is 0 Å². The number of hydrogen-bond donors (Lipinski definition) is 0. The predicted octanol–water partition coefficient (Wildman–Crippen LogP) is 7.14. The van der Waals surface area contributed by atoms with E-state index in [0.717, 1.165) is 0 Å². The second-order valence-corrected chi connectivity index (χ2v) is 13.6. The molecule has 0 aromatic heterocycles. The van der Waals surface area contributed by atoms with Gasteiger partial charge in [0.1, 0.15) is 0 Å². The Bertz CT molecular complexity index is 684. The van der Waals surface area contributed by atoms with Crippen LogP contribution in [0.25, 0.3) is 0 Å². The minimum atomic E-state index is -1.72. The van der Waals surface area contributed by atoms with Crippen LogP contribution >= 0.6 is 7.26 Å². The van der Waals surface area contributed by atoms with Gasteiger partial charge in [0.2, 0.25) is 0 Å². The summed E-state index contributed by atoms with van der Waals surface area (Å²) in [5.74, 6) is 0. The van der Waals surface area contributed by atoms with Crippen molar-refractivity contribution in [2.45, 2.75) is 44.4 Å². The van der Waals surface area contributed by atoms with Crippen molar-refractivity contribution in [1.82, 2.24) is 0 Å². The summed E-state index contributed by atoms with van der Waals surface area (Å²) in [6.07, 6.45) is 3.67. The van der Waals surface area contributed by atoms with Crippen molar-refractivity contribution in [1.29, 1.82) is 0 Å². The molecule has 0 N–H and O–H groups in total. The van der Waals surface area contributed by atoms with Gasteiger partial charge in [-0.15, -0.1) is 0 Å². The van der Waals surface area contributed by atoms with Gasteiger partial charge in [-0.2, -0.15) is 0 Å². The van der Waals surface area contributed by atoms with Gasteiger partial charge in [0.05, 0.1) is 0 Å². The summed E-state index contributed by atoms with van der Waals surface area (Å²) in [5.41, 5.74) is 4.46. The first-order valence-corrected chi connectivity index (χ1v) is 12.2. The van der Waals surface area contributed by atoms with Crippen LogP contribution in [-0.2, 0) is 18.5 Å². The Hall–Kier alpha value is -1.91. The van der Waals surface area contributed by atoms with Crippen LogP contribution in [0.2, 0.25) is 0 Å². The van der Waals surface area contributed by atoms with E-state index in [1.165, 1.54) is 35.2 Å². The van der Waals surface area contributed by atoms with Crippen molar-refractivity contribution in [3.63, 3.8) is 0 Å². The maximum absolute atomic E-state index is 2.47. The number of benzene rings is 3. The summed E-state index contributed by atoms with van der Waals surface area (Å²) >= 11 is 0. The van der Waals surface area contributed by atoms with E-state index in [4.69, 9.17) is 0 Å². The van der Waals surface area contributed by atoms with Crippen LogP contribution in [0.1, 0.15) is 37.5 Å². The first kappa shape index (κ1) is 18.9. The summed E-state index contributed by atoms with van der Waals surface area (Å²) in [6, 6.07) is 33.3. The molecule has 0 atom stereocenters. The van der Waals surface area contributed by atoms with E-state index in [1.54, 1.807) is 0 Å². The molecule has 136 valence electrons. The van der Waals surface area contributed by atoms with E-state index in [-0.39, 0.29) is 0 Å². The standard InChI is InChI=1S/C25H31P/c1-25(2,3)26(19-22-13-7-4-8-14-22,20-23-15-9-5-10-16-23)21-24-17-11-6-12-18-24/h4-18,26H,19-21H2,1-3H3. The van der Waals surface area contributed by atoms with Crippen molar-refractivity contribution in [3.8, 4) is 0 Å². The van der Waals surface area contributed by atoms with Crippen LogP contribution in [0.5, 0.6) is 0 Å². The zero-order valence-corrected chi connectivity index (χ0v) is 17.3. The Labute approximate surface area is 159 Å². The van der Waals surface area contributed by atoms with Crippen molar-refractivity contribution >= 4 is 7.26 Å². The molecule has 3 aromatic rings. The van der Waals surface area contributed by atoms with Crippen LogP contribution in [-0.4, -0.2) is 5.16 Å². The molecule has 0 fully saturated rings. The molecule has 0 heterocycles. The van der Waals surface area contributed by atoms with Gasteiger partial charge in [0, 0.05) is 0 Å². The molecule has 1 heteroatoms. The molecule has 0 amide bonds. The van der Waals surface area contributed by atoms with E-state index in [9.17, 15) is 0 Å². The van der Waals surface area contributed by atoms with E-state index in [0.29, 0.717) is 5.16 Å². The first-order chi connectivity index (χ1) is 12.5. The van der Waals surface area contributed by atoms with Crippen LogP contribution in [0.3, 0.4) is 0 Å². The normalized spacial score (nSPS) is 12.7. The van der Waals surface area contributed by atoms with Gasteiger partial charge in [-0.3, -0.25) is 0 Å². The fraction of sp³-hybridized carbons (Fsp3) is 0.280. The SMILES string of the molecule is CC(C)(C)[PH](Cc1ccccc1)(Cc1ccccc1)Cc1ccccc1. The molecule has 0 aliphatic heterocycles. The third-order valence-electron chi connectivity index (χ3n) is 5.75. The Balaban J connectivity index is 2.04. The second-order valence-electron chi connectivity index (χ2n) is 8.52. The summed E-state index contributed by atoms with van der Waals surface area (Å²) in [4.78, 5) is 0. The quantitative estimate of drug-likeness (QED) is 0.409. The molecule has 0 aliphatic rings. The molecule has 0 saturated carbocycles. The maximum atomic E-state index is 2.47. The molecule has 0 saturated heterocycles. The topological polar surface area (TPSA) is 0 Å². The molecule has 3 rings (SSSR count). The van der Waals surface area contributed by atoms with Crippen molar-refractivity contribution in [2.75, 3.05) is 0 Å². The van der Waals surface area contributed by atoms with Gasteiger partial charge in [0.25, 0.3) is 0 Å². The fourth-order valence-corrected chi connectivity index (χ4v) is 8.96. The zero-order chi connectivity index (χ0) is 18.5. The Kier molecular flexibility index (Phi) is 5.94. The van der Waals surface area contributed by atoms with Gasteiger partial charge in [0.15, 0.2) is 0 Å². The molecular formula is C25H31P. The third kappa shape index (κ3) is 4.63. The molecule has 0 nitrogen and oxygen atoms in total. The van der Waals surface area contributed by atoms with E-state index >= 15 is 0 Å². The predicted molar refractivity (Wildman–Crippen MR) is 119 cm³/mol. The molecule has 0 unspecified atom stereocenters. The third-order valence-corrected chi connectivity index (χ3v) is 12.2. The van der Waals surface area contributed by atoms with Gasteiger partial charge >= 0.3 is 159 Å². The van der Waals surface area contributed by atoms with Gasteiger partial charge in [-0.25, -0.2) is 0 Å². The van der Waals surface area contributed by atoms with Crippen molar-refractivity contribution < 1.29 is 0 Å². The molecule has 0 bridgehead atoms. The van der Waals surface area contributed by atoms with Crippen LogP contribution in [0.15, 0.2) is 91.0 Å². The Morgan fingerprint density at radius 1 is 0.500 bits per heavy atom. The Morgan fingerprint density at radius 2 is 0.769 bits per heavy atom. The molecule has 0 radical (unpaired) electrons. The first-order valence-electron chi connectivity index (χ1n) is 9.60. The van der Waals surface area contributed by atoms with Crippen LogP contribution < -0.4 is 0 Å². The van der Waals surface area contributed by atoms with Gasteiger partial charge in [-0.05, 0) is 0 Å². The zero-order valence-electron chi connectivity index (χ0n) is 16.3. The monoisotopic (exact) mass is 362 g/mol. The Morgan fingerprint density at radius 3 is 1.00 bits per heavy atom. The summed E-state index contributed by atoms with van der Waals surface area (Å²) in [5, 5.41) is 0.314. The fourth-order valence-electron chi connectivity index (χ4n) is 3.94. The van der Waals surface area contributed by atoms with E-state index < -0.39 is 7.26 Å². The van der Waals surface area contributed by atoms with Crippen molar-refractivity contribution in [3.05, 3.63) is 108 Å². The summed E-state index contributed by atoms with van der Waals surface area (Å²) in [6.45, 7) is 7.40.